The van der Waals surface area contributed by atoms with Gasteiger partial charge in [-0.25, -0.2) is 0 Å². The molecule has 0 fully saturated rings. The third kappa shape index (κ3) is 3.16. The summed E-state index contributed by atoms with van der Waals surface area (Å²) in [6.07, 6.45) is 0.732. The normalized spacial score (nSPS) is 11.8. The number of rotatable bonds is 5. The second-order valence-corrected chi connectivity index (χ2v) is 6.89. The molecule has 0 spiro atoms. The van der Waals surface area contributed by atoms with Gasteiger partial charge < -0.3 is 9.30 Å². The van der Waals surface area contributed by atoms with Crippen molar-refractivity contribution >= 4 is 27.8 Å². The van der Waals surface area contributed by atoms with Gasteiger partial charge in [-0.05, 0) is 44.5 Å². The molecule has 0 aliphatic carbocycles. The summed E-state index contributed by atoms with van der Waals surface area (Å²) in [4.78, 5) is 24.9. The number of benzene rings is 2. The maximum atomic E-state index is 12.7. The van der Waals surface area contributed by atoms with E-state index in [2.05, 4.69) is 4.57 Å². The molecule has 3 rings (SSSR count). The fourth-order valence-corrected chi connectivity index (χ4v) is 2.89. The van der Waals surface area contributed by atoms with Crippen molar-refractivity contribution in [1.29, 1.82) is 0 Å². The van der Waals surface area contributed by atoms with Crippen LogP contribution in [0.2, 0.25) is 0 Å². The van der Waals surface area contributed by atoms with E-state index in [0.29, 0.717) is 17.3 Å². The number of ether oxygens (including phenoxy) is 1. The highest BCUT2D eigenvalue weighted by atomic mass is 16.5. The van der Waals surface area contributed by atoms with Gasteiger partial charge in [-0.3, -0.25) is 9.59 Å². The molecule has 0 amide bonds. The number of para-hydroxylation sites is 2. The Bertz CT molecular complexity index is 925. The van der Waals surface area contributed by atoms with Crippen LogP contribution in [0.5, 0.6) is 0 Å². The average molecular weight is 337 g/mol. The van der Waals surface area contributed by atoms with E-state index in [0.717, 1.165) is 17.5 Å². The molecule has 2 aromatic carbocycles. The Hall–Kier alpha value is -2.62. The molecule has 0 aliphatic heterocycles. The SMILES string of the molecule is CCC(C)(C)C(=O)OCCn1c2ccccc2c(=O)c2ccccc21. The summed E-state index contributed by atoms with van der Waals surface area (Å²) in [5.41, 5.74) is 1.27. The molecule has 4 nitrogen and oxygen atoms in total. The average Bonchev–Trinajstić information content (AvgIpc) is 2.64. The molecule has 0 aliphatic rings. The molecule has 0 N–H and O–H groups in total. The molecule has 0 radical (unpaired) electrons. The van der Waals surface area contributed by atoms with E-state index in [1.165, 1.54) is 0 Å². The molecule has 1 aromatic heterocycles. The number of aromatic nitrogens is 1. The van der Waals surface area contributed by atoms with Crippen LogP contribution in [0.4, 0.5) is 0 Å². The van der Waals surface area contributed by atoms with Crippen molar-refractivity contribution in [2.24, 2.45) is 5.41 Å². The van der Waals surface area contributed by atoms with E-state index >= 15 is 0 Å². The van der Waals surface area contributed by atoms with Gasteiger partial charge in [-0.15, -0.1) is 0 Å². The number of carbonyl (C=O) groups excluding carboxylic acids is 1. The van der Waals surface area contributed by atoms with Crippen LogP contribution in [0.1, 0.15) is 27.2 Å². The summed E-state index contributed by atoms with van der Waals surface area (Å²) in [7, 11) is 0. The van der Waals surface area contributed by atoms with Crippen LogP contribution in [-0.2, 0) is 16.1 Å². The molecular formula is C21H23NO3. The summed E-state index contributed by atoms with van der Waals surface area (Å²) in [6.45, 7) is 6.54. The minimum Gasteiger partial charge on any atom is -0.463 e. The van der Waals surface area contributed by atoms with Gasteiger partial charge in [0.05, 0.1) is 23.0 Å². The van der Waals surface area contributed by atoms with E-state index in [1.54, 1.807) is 0 Å². The third-order valence-corrected chi connectivity index (χ3v) is 4.86. The summed E-state index contributed by atoms with van der Waals surface area (Å²) < 4.78 is 7.55. The Morgan fingerprint density at radius 2 is 1.52 bits per heavy atom. The molecule has 0 unspecified atom stereocenters. The molecule has 0 saturated heterocycles. The minimum absolute atomic E-state index is 0.0339. The van der Waals surface area contributed by atoms with Gasteiger partial charge in [0.1, 0.15) is 6.61 Å². The maximum absolute atomic E-state index is 12.7. The standard InChI is InChI=1S/C21H23NO3/c1-4-21(2,3)20(24)25-14-13-22-17-11-7-5-9-15(17)19(23)16-10-6-8-12-18(16)22/h5-12H,4,13-14H2,1-3H3. The van der Waals surface area contributed by atoms with Crippen molar-refractivity contribution in [3.8, 4) is 0 Å². The summed E-state index contributed by atoms with van der Waals surface area (Å²) in [6, 6.07) is 15.1. The molecule has 25 heavy (non-hydrogen) atoms. The van der Waals surface area contributed by atoms with Crippen LogP contribution in [-0.4, -0.2) is 17.1 Å². The second-order valence-electron chi connectivity index (χ2n) is 6.89. The van der Waals surface area contributed by atoms with Crippen molar-refractivity contribution in [3.63, 3.8) is 0 Å². The molecule has 3 aromatic rings. The van der Waals surface area contributed by atoms with Gasteiger partial charge in [-0.2, -0.15) is 0 Å². The van der Waals surface area contributed by atoms with E-state index in [1.807, 2.05) is 69.3 Å². The highest BCUT2D eigenvalue weighted by Gasteiger charge is 2.26. The van der Waals surface area contributed by atoms with Gasteiger partial charge in [-0.1, -0.05) is 31.2 Å². The molecule has 0 atom stereocenters. The van der Waals surface area contributed by atoms with Crippen molar-refractivity contribution in [2.45, 2.75) is 33.7 Å². The predicted octanol–water partition coefficient (Wildman–Crippen LogP) is 4.13. The third-order valence-electron chi connectivity index (χ3n) is 4.86. The Labute approximate surface area is 147 Å². The highest BCUT2D eigenvalue weighted by Crippen LogP contribution is 2.22. The molecular weight excluding hydrogens is 314 g/mol. The van der Waals surface area contributed by atoms with Gasteiger partial charge in [0.2, 0.25) is 0 Å². The lowest BCUT2D eigenvalue weighted by atomic mass is 9.91. The van der Waals surface area contributed by atoms with Crippen LogP contribution < -0.4 is 5.43 Å². The van der Waals surface area contributed by atoms with Crippen LogP contribution >= 0.6 is 0 Å². The number of hydrogen-bond acceptors (Lipinski definition) is 3. The van der Waals surface area contributed by atoms with E-state index in [4.69, 9.17) is 4.74 Å². The topological polar surface area (TPSA) is 48.3 Å². The van der Waals surface area contributed by atoms with Crippen LogP contribution in [0.3, 0.4) is 0 Å². The van der Waals surface area contributed by atoms with E-state index in [9.17, 15) is 9.59 Å². The van der Waals surface area contributed by atoms with Crippen LogP contribution in [0.25, 0.3) is 21.8 Å². The fourth-order valence-electron chi connectivity index (χ4n) is 2.89. The monoisotopic (exact) mass is 337 g/mol. The first kappa shape index (κ1) is 17.2. The predicted molar refractivity (Wildman–Crippen MR) is 101 cm³/mol. The number of carbonyl (C=O) groups is 1. The Morgan fingerprint density at radius 3 is 2.04 bits per heavy atom. The van der Waals surface area contributed by atoms with Crippen LogP contribution in [0.15, 0.2) is 53.3 Å². The lowest BCUT2D eigenvalue weighted by molar-refractivity contribution is -0.154. The number of esters is 1. The molecule has 4 heteroatoms. The van der Waals surface area contributed by atoms with Crippen molar-refractivity contribution in [3.05, 3.63) is 58.8 Å². The van der Waals surface area contributed by atoms with Gasteiger partial charge in [0, 0.05) is 10.8 Å². The van der Waals surface area contributed by atoms with Gasteiger partial charge >= 0.3 is 5.97 Å². The molecule has 1 heterocycles. The molecule has 130 valence electrons. The fraction of sp³-hybridized carbons (Fsp3) is 0.333. The molecule has 0 saturated carbocycles. The zero-order valence-electron chi connectivity index (χ0n) is 14.9. The van der Waals surface area contributed by atoms with Gasteiger partial charge in [0.25, 0.3) is 0 Å². The Balaban J connectivity index is 1.99. The number of fused-ring (bicyclic) bond motifs is 2. The van der Waals surface area contributed by atoms with E-state index in [-0.39, 0.29) is 18.0 Å². The summed E-state index contributed by atoms with van der Waals surface area (Å²) in [5.74, 6) is -0.190. The highest BCUT2D eigenvalue weighted by molar-refractivity contribution is 5.93. The van der Waals surface area contributed by atoms with E-state index < -0.39 is 5.41 Å². The largest absolute Gasteiger partial charge is 0.463 e. The zero-order valence-corrected chi connectivity index (χ0v) is 14.9. The van der Waals surface area contributed by atoms with Crippen molar-refractivity contribution in [2.75, 3.05) is 6.61 Å². The summed E-state index contributed by atoms with van der Waals surface area (Å²) in [5, 5.41) is 1.36. The smallest absolute Gasteiger partial charge is 0.311 e. The van der Waals surface area contributed by atoms with Crippen LogP contribution in [0, 0.1) is 5.41 Å². The number of hydrogen-bond donors (Lipinski definition) is 0. The Kier molecular flexibility index (Phi) is 4.62. The first-order valence-electron chi connectivity index (χ1n) is 8.63. The molecule has 0 bridgehead atoms. The second kappa shape index (κ2) is 6.71. The lowest BCUT2D eigenvalue weighted by Crippen LogP contribution is -2.27. The van der Waals surface area contributed by atoms with Crippen molar-refractivity contribution in [1.82, 2.24) is 4.57 Å². The lowest BCUT2D eigenvalue weighted by Gasteiger charge is -2.21. The first-order valence-corrected chi connectivity index (χ1v) is 8.63. The maximum Gasteiger partial charge on any atom is 0.311 e. The zero-order chi connectivity index (χ0) is 18.0. The minimum atomic E-state index is -0.478. The number of nitrogens with zero attached hydrogens (tertiary/aromatic N) is 1. The van der Waals surface area contributed by atoms with Gasteiger partial charge in [0.15, 0.2) is 5.43 Å². The number of pyridine rings is 1. The Morgan fingerprint density at radius 1 is 1.00 bits per heavy atom. The summed E-state index contributed by atoms with van der Waals surface area (Å²) >= 11 is 0. The quantitative estimate of drug-likeness (QED) is 0.519. The van der Waals surface area contributed by atoms with Crippen molar-refractivity contribution < 1.29 is 9.53 Å². The first-order chi connectivity index (χ1) is 12.0.